The zero-order valence-electron chi connectivity index (χ0n) is 12.5. The van der Waals surface area contributed by atoms with Crippen LogP contribution in [0.4, 0.5) is 17.1 Å². The van der Waals surface area contributed by atoms with Crippen molar-refractivity contribution in [3.8, 4) is 0 Å². The predicted octanol–water partition coefficient (Wildman–Crippen LogP) is 5.38. The molecule has 2 aromatic carbocycles. The Morgan fingerprint density at radius 1 is 0.917 bits per heavy atom. The van der Waals surface area contributed by atoms with Gasteiger partial charge in [-0.3, -0.25) is 9.78 Å². The van der Waals surface area contributed by atoms with E-state index in [9.17, 15) is 4.79 Å². The summed E-state index contributed by atoms with van der Waals surface area (Å²) in [6, 6.07) is 16.4. The summed E-state index contributed by atoms with van der Waals surface area (Å²) in [6.45, 7) is 0. The third kappa shape index (κ3) is 3.85. The molecule has 3 rings (SSSR count). The van der Waals surface area contributed by atoms with E-state index < -0.39 is 0 Å². The first-order valence-electron chi connectivity index (χ1n) is 7.16. The molecular weight excluding hydrogens is 345 g/mol. The second kappa shape index (κ2) is 7.34. The molecule has 0 atom stereocenters. The summed E-state index contributed by atoms with van der Waals surface area (Å²) in [4.78, 5) is 16.5. The molecule has 1 heterocycles. The van der Waals surface area contributed by atoms with Gasteiger partial charge in [-0.25, -0.2) is 0 Å². The zero-order chi connectivity index (χ0) is 16.9. The lowest BCUT2D eigenvalue weighted by Gasteiger charge is -2.10. The Balaban J connectivity index is 1.78. The van der Waals surface area contributed by atoms with Gasteiger partial charge >= 0.3 is 0 Å². The number of pyridine rings is 1. The van der Waals surface area contributed by atoms with E-state index in [-0.39, 0.29) is 5.91 Å². The minimum Gasteiger partial charge on any atom is -0.354 e. The van der Waals surface area contributed by atoms with Crippen LogP contribution in [0, 0.1) is 0 Å². The summed E-state index contributed by atoms with van der Waals surface area (Å²) in [6.07, 6.45) is 3.14. The topological polar surface area (TPSA) is 54.0 Å². The Kier molecular flexibility index (Phi) is 4.99. The highest BCUT2D eigenvalue weighted by Crippen LogP contribution is 2.30. The van der Waals surface area contributed by atoms with E-state index in [4.69, 9.17) is 23.2 Å². The van der Waals surface area contributed by atoms with Gasteiger partial charge in [-0.2, -0.15) is 0 Å². The number of aromatic nitrogens is 1. The van der Waals surface area contributed by atoms with Gasteiger partial charge in [0, 0.05) is 11.9 Å². The van der Waals surface area contributed by atoms with Crippen molar-refractivity contribution in [2.24, 2.45) is 0 Å². The second-order valence-corrected chi connectivity index (χ2v) is 5.79. The Morgan fingerprint density at radius 3 is 2.50 bits per heavy atom. The lowest BCUT2D eigenvalue weighted by molar-refractivity contribution is 0.102. The standard InChI is InChI=1S/C18H13Cl2N3O/c19-15-7-4-8-16(17(15)20)23-18(24)12-9-14(11-21-10-12)22-13-5-2-1-3-6-13/h1-11,22H,(H,23,24). The summed E-state index contributed by atoms with van der Waals surface area (Å²) < 4.78 is 0. The second-order valence-electron chi connectivity index (χ2n) is 5.01. The summed E-state index contributed by atoms with van der Waals surface area (Å²) in [5.41, 5.74) is 2.49. The number of nitrogens with one attached hydrogen (secondary N) is 2. The van der Waals surface area contributed by atoms with Gasteiger partial charge in [0.25, 0.3) is 5.91 Å². The van der Waals surface area contributed by atoms with Crippen molar-refractivity contribution in [3.63, 3.8) is 0 Å². The molecule has 0 fully saturated rings. The van der Waals surface area contributed by atoms with E-state index in [2.05, 4.69) is 15.6 Å². The molecule has 0 aliphatic heterocycles. The maximum absolute atomic E-state index is 12.4. The van der Waals surface area contributed by atoms with E-state index in [0.717, 1.165) is 5.69 Å². The fourth-order valence-corrected chi connectivity index (χ4v) is 2.46. The Hall–Kier alpha value is -2.56. The monoisotopic (exact) mass is 357 g/mol. The normalized spacial score (nSPS) is 10.2. The van der Waals surface area contributed by atoms with Crippen LogP contribution in [0.3, 0.4) is 0 Å². The molecule has 120 valence electrons. The zero-order valence-corrected chi connectivity index (χ0v) is 14.0. The minimum absolute atomic E-state index is 0.305. The van der Waals surface area contributed by atoms with E-state index in [1.54, 1.807) is 30.5 Å². The lowest BCUT2D eigenvalue weighted by atomic mass is 10.2. The number of nitrogens with zero attached hydrogens (tertiary/aromatic N) is 1. The van der Waals surface area contributed by atoms with Gasteiger partial charge in [0.15, 0.2) is 0 Å². The van der Waals surface area contributed by atoms with Gasteiger partial charge in [0.1, 0.15) is 0 Å². The van der Waals surface area contributed by atoms with Crippen molar-refractivity contribution in [3.05, 3.63) is 82.6 Å². The van der Waals surface area contributed by atoms with Gasteiger partial charge in [-0.05, 0) is 30.3 Å². The molecule has 3 aromatic rings. The predicted molar refractivity (Wildman–Crippen MR) is 98.4 cm³/mol. The molecule has 0 bridgehead atoms. The van der Waals surface area contributed by atoms with E-state index >= 15 is 0 Å². The average Bonchev–Trinajstić information content (AvgIpc) is 2.60. The Morgan fingerprint density at radius 2 is 1.71 bits per heavy atom. The van der Waals surface area contributed by atoms with Crippen LogP contribution in [0.2, 0.25) is 10.0 Å². The van der Waals surface area contributed by atoms with Gasteiger partial charge in [-0.1, -0.05) is 47.5 Å². The van der Waals surface area contributed by atoms with E-state index in [0.29, 0.717) is 27.0 Å². The molecular formula is C18H13Cl2N3O. The van der Waals surface area contributed by atoms with Gasteiger partial charge in [0.05, 0.1) is 33.2 Å². The fourth-order valence-electron chi connectivity index (χ4n) is 2.12. The molecule has 24 heavy (non-hydrogen) atoms. The smallest absolute Gasteiger partial charge is 0.257 e. The molecule has 0 aliphatic carbocycles. The summed E-state index contributed by atoms with van der Waals surface area (Å²) in [5, 5.41) is 6.62. The molecule has 0 saturated heterocycles. The van der Waals surface area contributed by atoms with Crippen molar-refractivity contribution >= 4 is 46.2 Å². The lowest BCUT2D eigenvalue weighted by Crippen LogP contribution is -2.13. The number of hydrogen-bond donors (Lipinski definition) is 2. The van der Waals surface area contributed by atoms with Crippen LogP contribution in [0.25, 0.3) is 0 Å². The largest absolute Gasteiger partial charge is 0.354 e. The summed E-state index contributed by atoms with van der Waals surface area (Å²) in [7, 11) is 0. The molecule has 4 nitrogen and oxygen atoms in total. The Bertz CT molecular complexity index is 869. The quantitative estimate of drug-likeness (QED) is 0.658. The first kappa shape index (κ1) is 16.3. The van der Waals surface area contributed by atoms with Crippen LogP contribution < -0.4 is 10.6 Å². The molecule has 2 N–H and O–H groups in total. The average molecular weight is 358 g/mol. The number of anilines is 3. The number of para-hydroxylation sites is 1. The molecule has 0 radical (unpaired) electrons. The molecule has 0 saturated carbocycles. The highest BCUT2D eigenvalue weighted by atomic mass is 35.5. The molecule has 1 aromatic heterocycles. The van der Waals surface area contributed by atoms with Gasteiger partial charge < -0.3 is 10.6 Å². The number of benzene rings is 2. The fraction of sp³-hybridized carbons (Fsp3) is 0. The van der Waals surface area contributed by atoms with Crippen LogP contribution in [0.5, 0.6) is 0 Å². The van der Waals surface area contributed by atoms with E-state index in [1.165, 1.54) is 6.20 Å². The molecule has 1 amide bonds. The highest BCUT2D eigenvalue weighted by molar-refractivity contribution is 6.44. The highest BCUT2D eigenvalue weighted by Gasteiger charge is 2.11. The summed E-state index contributed by atoms with van der Waals surface area (Å²) in [5.74, 6) is -0.316. The van der Waals surface area contributed by atoms with Crippen LogP contribution in [-0.4, -0.2) is 10.9 Å². The van der Waals surface area contributed by atoms with E-state index in [1.807, 2.05) is 30.3 Å². The number of rotatable bonds is 4. The van der Waals surface area contributed by atoms with Gasteiger partial charge in [0.2, 0.25) is 0 Å². The number of carbonyl (C=O) groups excluding carboxylic acids is 1. The molecule has 0 aliphatic rings. The maximum atomic E-state index is 12.4. The third-order valence-corrected chi connectivity index (χ3v) is 4.08. The van der Waals surface area contributed by atoms with Crippen molar-refractivity contribution in [1.29, 1.82) is 0 Å². The molecule has 6 heteroatoms. The van der Waals surface area contributed by atoms with Crippen molar-refractivity contribution in [2.45, 2.75) is 0 Å². The summed E-state index contributed by atoms with van der Waals surface area (Å²) >= 11 is 12.0. The van der Waals surface area contributed by atoms with Crippen LogP contribution >= 0.6 is 23.2 Å². The van der Waals surface area contributed by atoms with Gasteiger partial charge in [-0.15, -0.1) is 0 Å². The molecule has 0 spiro atoms. The third-order valence-electron chi connectivity index (χ3n) is 3.26. The number of hydrogen-bond acceptors (Lipinski definition) is 3. The van der Waals surface area contributed by atoms with Crippen LogP contribution in [0.1, 0.15) is 10.4 Å². The Labute approximate surface area is 149 Å². The van der Waals surface area contributed by atoms with Crippen LogP contribution in [0.15, 0.2) is 67.0 Å². The number of carbonyl (C=O) groups is 1. The first-order chi connectivity index (χ1) is 11.6. The van der Waals surface area contributed by atoms with Crippen molar-refractivity contribution in [2.75, 3.05) is 10.6 Å². The minimum atomic E-state index is -0.316. The maximum Gasteiger partial charge on any atom is 0.257 e. The number of halogens is 2. The SMILES string of the molecule is O=C(Nc1cccc(Cl)c1Cl)c1cncc(Nc2ccccc2)c1. The van der Waals surface area contributed by atoms with Crippen molar-refractivity contribution < 1.29 is 4.79 Å². The first-order valence-corrected chi connectivity index (χ1v) is 7.91. The van der Waals surface area contributed by atoms with Crippen LogP contribution in [-0.2, 0) is 0 Å². The molecule has 0 unspecified atom stereocenters. The number of amides is 1. The van der Waals surface area contributed by atoms with Crippen molar-refractivity contribution in [1.82, 2.24) is 4.98 Å².